The van der Waals surface area contributed by atoms with E-state index in [0.717, 1.165) is 10.6 Å². The predicted octanol–water partition coefficient (Wildman–Crippen LogP) is 1.74. The highest BCUT2D eigenvalue weighted by atomic mass is 32.1. The van der Waals surface area contributed by atoms with Crippen LogP contribution in [0.3, 0.4) is 0 Å². The van der Waals surface area contributed by atoms with Gasteiger partial charge in [-0.15, -0.1) is 17.8 Å². The number of methoxy groups -OCH3 is 1. The smallest absolute Gasteiger partial charge is 0.174 e. The highest BCUT2D eigenvalue weighted by Gasteiger charge is 1.93. The summed E-state index contributed by atoms with van der Waals surface area (Å²) >= 11 is 1.51. The van der Waals surface area contributed by atoms with Crippen LogP contribution in [-0.4, -0.2) is 7.11 Å². The first-order chi connectivity index (χ1) is 4.36. The van der Waals surface area contributed by atoms with E-state index in [-0.39, 0.29) is 0 Å². The molecule has 9 heavy (non-hydrogen) atoms. The molecule has 1 aromatic rings. The molecule has 1 heterocycles. The molecule has 1 nitrogen and oxygen atoms in total. The van der Waals surface area contributed by atoms with E-state index in [0.29, 0.717) is 0 Å². The molecule has 0 atom stereocenters. The van der Waals surface area contributed by atoms with Crippen LogP contribution in [0.1, 0.15) is 5.56 Å². The zero-order chi connectivity index (χ0) is 6.69. The Morgan fingerprint density at radius 2 is 2.56 bits per heavy atom. The maximum atomic E-state index is 5.12. The zero-order valence-electron chi connectivity index (χ0n) is 5.05. The van der Waals surface area contributed by atoms with Crippen molar-refractivity contribution in [2.24, 2.45) is 0 Å². The second kappa shape index (κ2) is 2.56. The largest absolute Gasteiger partial charge is 0.487 e. The lowest BCUT2D eigenvalue weighted by Crippen LogP contribution is -1.74. The van der Waals surface area contributed by atoms with Crippen LogP contribution >= 0.6 is 11.3 Å². The minimum Gasteiger partial charge on any atom is -0.487 e. The van der Waals surface area contributed by atoms with Crippen molar-refractivity contribution in [1.82, 2.24) is 0 Å². The topological polar surface area (TPSA) is 9.23 Å². The fourth-order valence-corrected chi connectivity index (χ4v) is 1.17. The molecule has 2 heteroatoms. The number of hydrogen-bond acceptors (Lipinski definition) is 2. The average Bonchev–Trinajstić information content (AvgIpc) is 2.34. The number of rotatable bonds is 1. The summed E-state index contributed by atoms with van der Waals surface area (Å²) in [7, 11) is 1.63. The van der Waals surface area contributed by atoms with Gasteiger partial charge in [-0.05, 0) is 0 Å². The van der Waals surface area contributed by atoms with Gasteiger partial charge in [0.15, 0.2) is 5.06 Å². The van der Waals surface area contributed by atoms with Gasteiger partial charge in [-0.3, -0.25) is 0 Å². The quantitative estimate of drug-likeness (QED) is 0.537. The van der Waals surface area contributed by atoms with E-state index in [1.165, 1.54) is 11.3 Å². The highest BCUT2D eigenvalue weighted by Crippen LogP contribution is 2.21. The van der Waals surface area contributed by atoms with Gasteiger partial charge >= 0.3 is 0 Å². The van der Waals surface area contributed by atoms with Crippen molar-refractivity contribution in [2.75, 3.05) is 7.11 Å². The lowest BCUT2D eigenvalue weighted by atomic mass is 10.4. The molecule has 0 aliphatic rings. The van der Waals surface area contributed by atoms with Crippen molar-refractivity contribution in [3.63, 3.8) is 0 Å². The van der Waals surface area contributed by atoms with Crippen LogP contribution in [0.25, 0.3) is 0 Å². The first-order valence-electron chi connectivity index (χ1n) is 2.46. The van der Waals surface area contributed by atoms with Crippen LogP contribution in [0.4, 0.5) is 0 Å². The lowest BCUT2D eigenvalue weighted by Gasteiger charge is -1.86. The standard InChI is InChI=1S/C7H6OS/c1-3-6-4-7(8-2)9-5-6/h1,4-5H,2H3. The summed E-state index contributed by atoms with van der Waals surface area (Å²) in [5.74, 6) is 2.51. The van der Waals surface area contributed by atoms with Gasteiger partial charge in [-0.25, -0.2) is 0 Å². The second-order valence-electron chi connectivity index (χ2n) is 1.50. The summed E-state index contributed by atoms with van der Waals surface area (Å²) in [6.07, 6.45) is 5.12. The average molecular weight is 138 g/mol. The molecule has 0 aliphatic heterocycles. The van der Waals surface area contributed by atoms with Crippen LogP contribution in [0.15, 0.2) is 11.4 Å². The molecular weight excluding hydrogens is 132 g/mol. The Balaban J connectivity index is 2.90. The van der Waals surface area contributed by atoms with E-state index in [9.17, 15) is 0 Å². The molecule has 0 bridgehead atoms. The maximum Gasteiger partial charge on any atom is 0.174 e. The van der Waals surface area contributed by atoms with Crippen LogP contribution in [0.5, 0.6) is 5.06 Å². The van der Waals surface area contributed by atoms with Gasteiger partial charge in [0.2, 0.25) is 0 Å². The van der Waals surface area contributed by atoms with E-state index >= 15 is 0 Å². The number of hydrogen-bond donors (Lipinski definition) is 0. The Hall–Kier alpha value is -0.940. The summed E-state index contributed by atoms with van der Waals surface area (Å²) in [6, 6.07) is 1.84. The molecule has 0 N–H and O–H groups in total. The molecular formula is C7H6OS. The molecule has 0 aromatic carbocycles. The van der Waals surface area contributed by atoms with Crippen LogP contribution in [0.2, 0.25) is 0 Å². The van der Waals surface area contributed by atoms with E-state index < -0.39 is 0 Å². The molecule has 0 saturated heterocycles. The Morgan fingerprint density at radius 3 is 2.89 bits per heavy atom. The lowest BCUT2D eigenvalue weighted by molar-refractivity contribution is 0.427. The summed E-state index contributed by atoms with van der Waals surface area (Å²) in [5, 5.41) is 2.75. The third-order valence-electron chi connectivity index (χ3n) is 0.943. The van der Waals surface area contributed by atoms with E-state index in [1.54, 1.807) is 7.11 Å². The monoisotopic (exact) mass is 138 g/mol. The van der Waals surface area contributed by atoms with E-state index in [4.69, 9.17) is 11.2 Å². The molecule has 1 rings (SSSR count). The van der Waals surface area contributed by atoms with E-state index in [2.05, 4.69) is 5.92 Å². The molecule has 0 unspecified atom stereocenters. The van der Waals surface area contributed by atoms with Crippen molar-refractivity contribution in [3.8, 4) is 17.4 Å². The Morgan fingerprint density at radius 1 is 1.78 bits per heavy atom. The fraction of sp³-hybridized carbons (Fsp3) is 0.143. The van der Waals surface area contributed by atoms with Gasteiger partial charge < -0.3 is 4.74 Å². The van der Waals surface area contributed by atoms with Crippen LogP contribution in [0, 0.1) is 12.3 Å². The SMILES string of the molecule is C#Cc1csc(OC)c1. The number of ether oxygens (including phenoxy) is 1. The van der Waals surface area contributed by atoms with Crippen molar-refractivity contribution in [1.29, 1.82) is 0 Å². The third-order valence-corrected chi connectivity index (χ3v) is 1.83. The Labute approximate surface area is 58.3 Å². The Bertz CT molecular complexity index is 231. The van der Waals surface area contributed by atoms with Crippen molar-refractivity contribution in [3.05, 3.63) is 17.0 Å². The molecule has 0 spiro atoms. The molecule has 0 saturated carbocycles. The fourth-order valence-electron chi connectivity index (χ4n) is 0.499. The summed E-state index contributed by atoms with van der Waals surface area (Å²) < 4.78 is 4.92. The molecule has 1 aromatic heterocycles. The van der Waals surface area contributed by atoms with Crippen LogP contribution < -0.4 is 4.74 Å². The maximum absolute atomic E-state index is 5.12. The summed E-state index contributed by atoms with van der Waals surface area (Å²) in [4.78, 5) is 0. The highest BCUT2D eigenvalue weighted by molar-refractivity contribution is 7.12. The zero-order valence-corrected chi connectivity index (χ0v) is 5.87. The minimum atomic E-state index is 0.864. The van der Waals surface area contributed by atoms with Crippen molar-refractivity contribution >= 4 is 11.3 Å². The van der Waals surface area contributed by atoms with Gasteiger partial charge in [-0.1, -0.05) is 5.92 Å². The minimum absolute atomic E-state index is 0.864. The van der Waals surface area contributed by atoms with Crippen LogP contribution in [-0.2, 0) is 0 Å². The van der Waals surface area contributed by atoms with Gasteiger partial charge in [0, 0.05) is 17.0 Å². The molecule has 0 amide bonds. The normalized spacial score (nSPS) is 8.44. The van der Waals surface area contributed by atoms with Gasteiger partial charge in [0.25, 0.3) is 0 Å². The van der Waals surface area contributed by atoms with Crippen molar-refractivity contribution < 1.29 is 4.74 Å². The Kier molecular flexibility index (Phi) is 1.76. The molecule has 0 radical (unpaired) electrons. The second-order valence-corrected chi connectivity index (χ2v) is 2.38. The van der Waals surface area contributed by atoms with Gasteiger partial charge in [-0.2, -0.15) is 0 Å². The number of terminal acetylenes is 1. The molecule has 0 aliphatic carbocycles. The summed E-state index contributed by atoms with van der Waals surface area (Å²) in [5.41, 5.74) is 0.886. The predicted molar refractivity (Wildman–Crippen MR) is 38.8 cm³/mol. The molecule has 0 fully saturated rings. The van der Waals surface area contributed by atoms with Gasteiger partial charge in [0.05, 0.1) is 7.11 Å². The van der Waals surface area contributed by atoms with E-state index in [1.807, 2.05) is 11.4 Å². The van der Waals surface area contributed by atoms with Gasteiger partial charge in [0.1, 0.15) is 0 Å². The first kappa shape index (κ1) is 6.18. The summed E-state index contributed by atoms with van der Waals surface area (Å²) in [6.45, 7) is 0. The molecule has 46 valence electrons. The third kappa shape index (κ3) is 1.24. The first-order valence-corrected chi connectivity index (χ1v) is 3.34. The number of thiophene rings is 1. The van der Waals surface area contributed by atoms with Crippen molar-refractivity contribution in [2.45, 2.75) is 0 Å².